The van der Waals surface area contributed by atoms with Crippen LogP contribution in [0.3, 0.4) is 0 Å². The average Bonchev–Trinajstić information content (AvgIpc) is 3.27. The Hall–Kier alpha value is -1.95. The van der Waals surface area contributed by atoms with E-state index in [-0.39, 0.29) is 17.8 Å². The molecule has 1 atom stereocenters. The van der Waals surface area contributed by atoms with Gasteiger partial charge in [-0.15, -0.1) is 0 Å². The number of amides is 1. The molecule has 3 heterocycles. The second-order valence-corrected chi connectivity index (χ2v) is 8.16. The van der Waals surface area contributed by atoms with Crippen LogP contribution in [-0.4, -0.2) is 46.2 Å². The maximum atomic E-state index is 13.7. The van der Waals surface area contributed by atoms with Gasteiger partial charge in [-0.05, 0) is 50.7 Å². The molecule has 5 nitrogen and oxygen atoms in total. The summed E-state index contributed by atoms with van der Waals surface area (Å²) in [5, 5.41) is 0. The molecule has 0 N–H and O–H groups in total. The van der Waals surface area contributed by atoms with Gasteiger partial charge >= 0.3 is 0 Å². The zero-order valence-electron chi connectivity index (χ0n) is 15.6. The zero-order valence-corrected chi connectivity index (χ0v) is 15.6. The van der Waals surface area contributed by atoms with Gasteiger partial charge in [0, 0.05) is 37.7 Å². The van der Waals surface area contributed by atoms with E-state index in [1.807, 2.05) is 11.0 Å². The fourth-order valence-corrected chi connectivity index (χ4v) is 4.75. The number of rotatable bonds is 3. The maximum Gasteiger partial charge on any atom is 0.251 e. The van der Waals surface area contributed by atoms with Crippen LogP contribution in [0.5, 0.6) is 0 Å². The molecule has 1 aromatic heterocycles. The Morgan fingerprint density at radius 2 is 1.93 bits per heavy atom. The maximum absolute atomic E-state index is 13.7. The molecule has 6 heteroatoms. The Labute approximate surface area is 158 Å². The van der Waals surface area contributed by atoms with Crippen molar-refractivity contribution in [2.75, 3.05) is 19.7 Å². The first-order valence-corrected chi connectivity index (χ1v) is 10.3. The van der Waals surface area contributed by atoms with Gasteiger partial charge in [0.1, 0.15) is 17.7 Å². The summed E-state index contributed by atoms with van der Waals surface area (Å²) in [5.74, 6) is 1.53. The van der Waals surface area contributed by atoms with E-state index in [9.17, 15) is 9.18 Å². The summed E-state index contributed by atoms with van der Waals surface area (Å²) in [6.07, 6.45) is 7.02. The molecule has 2 aromatic rings. The quantitative estimate of drug-likeness (QED) is 0.825. The van der Waals surface area contributed by atoms with E-state index in [0.717, 1.165) is 55.6 Å². The molecule has 1 saturated carbocycles. The predicted molar refractivity (Wildman–Crippen MR) is 100 cm³/mol. The van der Waals surface area contributed by atoms with Crippen LogP contribution in [0.25, 0.3) is 11.0 Å². The standard InChI is InChI=1S/C21H26FN3O2/c22-15-6-7-18-17(13-15)23-20(14-3-1-4-14)25(18)16-8-10-24(11-9-16)21(26)19-5-2-12-27-19/h6-7,13-14,16,19H,1-5,8-12H2/t19-/m0/s1. The van der Waals surface area contributed by atoms with Crippen LogP contribution in [0.15, 0.2) is 18.2 Å². The monoisotopic (exact) mass is 371 g/mol. The second kappa shape index (κ2) is 6.89. The van der Waals surface area contributed by atoms with Crippen molar-refractivity contribution < 1.29 is 13.9 Å². The molecule has 0 spiro atoms. The largest absolute Gasteiger partial charge is 0.368 e. The van der Waals surface area contributed by atoms with Crippen LogP contribution in [0, 0.1) is 5.82 Å². The van der Waals surface area contributed by atoms with E-state index in [0.29, 0.717) is 18.6 Å². The Morgan fingerprint density at radius 3 is 2.59 bits per heavy atom. The number of nitrogens with zero attached hydrogens (tertiary/aromatic N) is 3. The number of hydrogen-bond donors (Lipinski definition) is 0. The number of carbonyl (C=O) groups excluding carboxylic acids is 1. The molecule has 2 aliphatic heterocycles. The van der Waals surface area contributed by atoms with Crippen LogP contribution < -0.4 is 0 Å². The Morgan fingerprint density at radius 1 is 1.11 bits per heavy atom. The molecule has 27 heavy (non-hydrogen) atoms. The normalized spacial score (nSPS) is 24.5. The number of imidazole rings is 1. The lowest BCUT2D eigenvalue weighted by molar-refractivity contribution is -0.142. The first-order chi connectivity index (χ1) is 13.2. The molecule has 2 saturated heterocycles. The van der Waals surface area contributed by atoms with Gasteiger partial charge in [-0.3, -0.25) is 4.79 Å². The van der Waals surface area contributed by atoms with Crippen molar-refractivity contribution in [2.24, 2.45) is 0 Å². The number of likely N-dealkylation sites (tertiary alicyclic amines) is 1. The van der Waals surface area contributed by atoms with Gasteiger partial charge < -0.3 is 14.2 Å². The molecular formula is C21H26FN3O2. The van der Waals surface area contributed by atoms with Gasteiger partial charge in [0.05, 0.1) is 11.0 Å². The van der Waals surface area contributed by atoms with Gasteiger partial charge in [0.25, 0.3) is 5.91 Å². The summed E-state index contributed by atoms with van der Waals surface area (Å²) >= 11 is 0. The number of ether oxygens (including phenoxy) is 1. The number of piperidine rings is 1. The lowest BCUT2D eigenvalue weighted by Gasteiger charge is -2.36. The summed E-state index contributed by atoms with van der Waals surface area (Å²) in [7, 11) is 0. The van der Waals surface area contributed by atoms with E-state index < -0.39 is 0 Å². The first-order valence-electron chi connectivity index (χ1n) is 10.3. The minimum absolute atomic E-state index is 0.155. The van der Waals surface area contributed by atoms with E-state index in [1.165, 1.54) is 25.3 Å². The van der Waals surface area contributed by atoms with Crippen molar-refractivity contribution in [3.63, 3.8) is 0 Å². The second-order valence-electron chi connectivity index (χ2n) is 8.16. The topological polar surface area (TPSA) is 47.4 Å². The highest BCUT2D eigenvalue weighted by molar-refractivity contribution is 5.81. The Kier molecular flexibility index (Phi) is 4.38. The van der Waals surface area contributed by atoms with Gasteiger partial charge in [-0.1, -0.05) is 6.42 Å². The molecule has 1 aromatic carbocycles. The number of fused-ring (bicyclic) bond motifs is 1. The minimum Gasteiger partial charge on any atom is -0.368 e. The average molecular weight is 371 g/mol. The molecule has 5 rings (SSSR count). The molecule has 0 bridgehead atoms. The zero-order chi connectivity index (χ0) is 18.4. The van der Waals surface area contributed by atoms with Gasteiger partial charge in [0.15, 0.2) is 0 Å². The number of hydrogen-bond acceptors (Lipinski definition) is 3. The minimum atomic E-state index is -0.232. The molecule has 3 fully saturated rings. The van der Waals surface area contributed by atoms with Crippen molar-refractivity contribution in [3.05, 3.63) is 29.8 Å². The van der Waals surface area contributed by atoms with Crippen molar-refractivity contribution in [2.45, 2.75) is 63.0 Å². The van der Waals surface area contributed by atoms with Gasteiger partial charge in [-0.25, -0.2) is 9.37 Å². The lowest BCUT2D eigenvalue weighted by atomic mass is 9.84. The fourth-order valence-electron chi connectivity index (χ4n) is 4.75. The third-order valence-electron chi connectivity index (χ3n) is 6.50. The highest BCUT2D eigenvalue weighted by Crippen LogP contribution is 2.40. The van der Waals surface area contributed by atoms with Crippen LogP contribution in [0.2, 0.25) is 0 Å². The van der Waals surface area contributed by atoms with Crippen LogP contribution >= 0.6 is 0 Å². The van der Waals surface area contributed by atoms with Crippen molar-refractivity contribution in [3.8, 4) is 0 Å². The van der Waals surface area contributed by atoms with E-state index in [4.69, 9.17) is 9.72 Å². The number of benzene rings is 1. The third kappa shape index (κ3) is 3.04. The highest BCUT2D eigenvalue weighted by atomic mass is 19.1. The smallest absolute Gasteiger partial charge is 0.251 e. The van der Waals surface area contributed by atoms with Crippen molar-refractivity contribution >= 4 is 16.9 Å². The lowest BCUT2D eigenvalue weighted by Crippen LogP contribution is -2.44. The molecule has 0 radical (unpaired) electrons. The van der Waals surface area contributed by atoms with Crippen LogP contribution in [0.1, 0.15) is 62.7 Å². The number of halogens is 1. The van der Waals surface area contributed by atoms with Crippen molar-refractivity contribution in [1.82, 2.24) is 14.5 Å². The number of aromatic nitrogens is 2. The molecule has 1 aliphatic carbocycles. The summed E-state index contributed by atoms with van der Waals surface area (Å²) in [6, 6.07) is 5.26. The van der Waals surface area contributed by atoms with Gasteiger partial charge in [-0.2, -0.15) is 0 Å². The van der Waals surface area contributed by atoms with E-state index in [2.05, 4.69) is 4.57 Å². The summed E-state index contributed by atoms with van der Waals surface area (Å²) < 4.78 is 21.6. The molecule has 144 valence electrons. The fraction of sp³-hybridized carbons (Fsp3) is 0.619. The van der Waals surface area contributed by atoms with Gasteiger partial charge in [0.2, 0.25) is 0 Å². The van der Waals surface area contributed by atoms with Crippen molar-refractivity contribution in [1.29, 1.82) is 0 Å². The van der Waals surface area contributed by atoms with Crippen LogP contribution in [0.4, 0.5) is 4.39 Å². The third-order valence-corrected chi connectivity index (χ3v) is 6.50. The molecule has 0 unspecified atom stereocenters. The van der Waals surface area contributed by atoms with E-state index in [1.54, 1.807) is 6.07 Å². The SMILES string of the molecule is O=C([C@@H]1CCCO1)N1CCC(n2c(C3CCC3)nc3cc(F)ccc32)CC1. The number of carbonyl (C=O) groups is 1. The van der Waals surface area contributed by atoms with E-state index >= 15 is 0 Å². The molecule has 1 amide bonds. The summed E-state index contributed by atoms with van der Waals surface area (Å²) in [6.45, 7) is 2.22. The summed E-state index contributed by atoms with van der Waals surface area (Å²) in [4.78, 5) is 19.4. The Bertz CT molecular complexity index is 846. The molecule has 3 aliphatic rings. The van der Waals surface area contributed by atoms with Crippen LogP contribution in [-0.2, 0) is 9.53 Å². The summed E-state index contributed by atoms with van der Waals surface area (Å²) in [5.41, 5.74) is 1.79. The molecular weight excluding hydrogens is 345 g/mol. The Balaban J connectivity index is 1.38. The highest BCUT2D eigenvalue weighted by Gasteiger charge is 2.34. The predicted octanol–water partition coefficient (Wildman–Crippen LogP) is 3.79. The first kappa shape index (κ1) is 17.2.